The van der Waals surface area contributed by atoms with Crippen LogP contribution in [0.15, 0.2) is 24.3 Å². The van der Waals surface area contributed by atoms with E-state index in [1.54, 1.807) is 4.90 Å². The highest BCUT2D eigenvalue weighted by Gasteiger charge is 2.31. The Kier molecular flexibility index (Phi) is 5.13. The van der Waals surface area contributed by atoms with E-state index in [-0.39, 0.29) is 23.3 Å². The maximum atomic E-state index is 12.8. The highest BCUT2D eigenvalue weighted by atomic mass is 16.3. The van der Waals surface area contributed by atoms with Gasteiger partial charge in [-0.05, 0) is 42.4 Å². The van der Waals surface area contributed by atoms with E-state index in [0.717, 1.165) is 30.6 Å². The molecule has 0 aliphatic carbocycles. The Morgan fingerprint density at radius 1 is 1.32 bits per heavy atom. The third-order valence-electron chi connectivity index (χ3n) is 5.14. The molecular weight excluding hydrogens is 316 g/mol. The average Bonchev–Trinajstić information content (AvgIpc) is 2.90. The fourth-order valence-corrected chi connectivity index (χ4v) is 3.96. The Bertz CT molecular complexity index is 656. The lowest BCUT2D eigenvalue weighted by molar-refractivity contribution is -0.131. The molecular formula is C20H28N2O3. The summed E-state index contributed by atoms with van der Waals surface area (Å²) < 4.78 is 0. The van der Waals surface area contributed by atoms with Gasteiger partial charge in [0.2, 0.25) is 11.8 Å². The summed E-state index contributed by atoms with van der Waals surface area (Å²) in [5, 5.41) is 10.0. The molecule has 0 radical (unpaired) electrons. The third-order valence-corrected chi connectivity index (χ3v) is 5.14. The van der Waals surface area contributed by atoms with Crippen LogP contribution in [-0.4, -0.2) is 47.6 Å². The van der Waals surface area contributed by atoms with Gasteiger partial charge in [0.1, 0.15) is 0 Å². The van der Waals surface area contributed by atoms with Crippen molar-refractivity contribution in [1.82, 2.24) is 4.90 Å². The van der Waals surface area contributed by atoms with Gasteiger partial charge in [-0.2, -0.15) is 0 Å². The monoisotopic (exact) mass is 344 g/mol. The molecule has 1 atom stereocenters. The molecule has 0 bridgehead atoms. The molecule has 5 nitrogen and oxygen atoms in total. The second-order valence-corrected chi connectivity index (χ2v) is 8.12. The Hall–Kier alpha value is -1.88. The zero-order valence-electron chi connectivity index (χ0n) is 15.2. The molecule has 2 saturated heterocycles. The quantitative estimate of drug-likeness (QED) is 0.916. The smallest absolute Gasteiger partial charge is 0.227 e. The standard InChI is InChI=1S/C20H28N2O3/c1-20(2)13-17(23)8-10-21(14-20)19(25)12-15-5-3-6-16(11-15)22-9-4-7-18(22)24/h3,5-6,11,17,23H,4,7-10,12-14H2,1-2H3/t17-/m1/s1. The van der Waals surface area contributed by atoms with E-state index in [1.807, 2.05) is 29.2 Å². The number of hydrogen-bond acceptors (Lipinski definition) is 3. The second-order valence-electron chi connectivity index (χ2n) is 8.12. The van der Waals surface area contributed by atoms with Crippen molar-refractivity contribution in [3.05, 3.63) is 29.8 Å². The number of aliphatic hydroxyl groups excluding tert-OH is 1. The Morgan fingerprint density at radius 3 is 2.84 bits per heavy atom. The van der Waals surface area contributed by atoms with Gasteiger partial charge in [0.05, 0.1) is 12.5 Å². The number of likely N-dealkylation sites (tertiary alicyclic amines) is 1. The Balaban J connectivity index is 1.69. The lowest BCUT2D eigenvalue weighted by atomic mass is 9.87. The van der Waals surface area contributed by atoms with Crippen LogP contribution in [0.2, 0.25) is 0 Å². The highest BCUT2D eigenvalue weighted by Crippen LogP contribution is 2.29. The van der Waals surface area contributed by atoms with Crippen molar-refractivity contribution in [3.8, 4) is 0 Å². The molecule has 0 spiro atoms. The largest absolute Gasteiger partial charge is 0.393 e. The molecule has 0 aromatic heterocycles. The number of aliphatic hydroxyl groups is 1. The second kappa shape index (κ2) is 7.16. The first-order valence-electron chi connectivity index (χ1n) is 9.19. The minimum absolute atomic E-state index is 0.0740. The van der Waals surface area contributed by atoms with Crippen LogP contribution in [0.3, 0.4) is 0 Å². The van der Waals surface area contributed by atoms with Gasteiger partial charge < -0.3 is 14.9 Å². The third kappa shape index (κ3) is 4.40. The van der Waals surface area contributed by atoms with Crippen LogP contribution in [0.25, 0.3) is 0 Å². The molecule has 0 saturated carbocycles. The number of carbonyl (C=O) groups excluding carboxylic acids is 2. The van der Waals surface area contributed by atoms with Crippen molar-refractivity contribution in [2.45, 2.75) is 52.1 Å². The van der Waals surface area contributed by atoms with Crippen molar-refractivity contribution < 1.29 is 14.7 Å². The van der Waals surface area contributed by atoms with Crippen LogP contribution >= 0.6 is 0 Å². The molecule has 25 heavy (non-hydrogen) atoms. The van der Waals surface area contributed by atoms with E-state index in [0.29, 0.717) is 32.4 Å². The summed E-state index contributed by atoms with van der Waals surface area (Å²) in [6.45, 7) is 6.23. The minimum Gasteiger partial charge on any atom is -0.393 e. The van der Waals surface area contributed by atoms with Gasteiger partial charge in [-0.25, -0.2) is 0 Å². The van der Waals surface area contributed by atoms with Gasteiger partial charge in [0.15, 0.2) is 0 Å². The predicted molar refractivity (Wildman–Crippen MR) is 97.3 cm³/mol. The molecule has 2 amide bonds. The van der Waals surface area contributed by atoms with Gasteiger partial charge >= 0.3 is 0 Å². The first-order chi connectivity index (χ1) is 11.8. The molecule has 1 aromatic rings. The normalized spacial score (nSPS) is 23.6. The van der Waals surface area contributed by atoms with Gasteiger partial charge in [0, 0.05) is 31.7 Å². The van der Waals surface area contributed by atoms with Crippen LogP contribution in [0.1, 0.15) is 45.1 Å². The molecule has 3 rings (SSSR count). The summed E-state index contributed by atoms with van der Waals surface area (Å²) in [5.74, 6) is 0.249. The fourth-order valence-electron chi connectivity index (χ4n) is 3.96. The van der Waals surface area contributed by atoms with Crippen molar-refractivity contribution in [3.63, 3.8) is 0 Å². The molecule has 1 aromatic carbocycles. The van der Waals surface area contributed by atoms with E-state index in [4.69, 9.17) is 0 Å². The molecule has 136 valence electrons. The molecule has 5 heteroatoms. The number of anilines is 1. The van der Waals surface area contributed by atoms with Crippen LogP contribution in [-0.2, 0) is 16.0 Å². The van der Waals surface area contributed by atoms with Crippen LogP contribution < -0.4 is 4.90 Å². The van der Waals surface area contributed by atoms with Crippen LogP contribution in [0, 0.1) is 5.41 Å². The Morgan fingerprint density at radius 2 is 2.12 bits per heavy atom. The number of hydrogen-bond donors (Lipinski definition) is 1. The van der Waals surface area contributed by atoms with Crippen LogP contribution in [0.4, 0.5) is 5.69 Å². The predicted octanol–water partition coefficient (Wildman–Crippen LogP) is 2.37. The maximum Gasteiger partial charge on any atom is 0.227 e. The van der Waals surface area contributed by atoms with E-state index >= 15 is 0 Å². The molecule has 0 unspecified atom stereocenters. The van der Waals surface area contributed by atoms with Crippen molar-refractivity contribution in [2.24, 2.45) is 5.41 Å². The highest BCUT2D eigenvalue weighted by molar-refractivity contribution is 5.95. The van der Waals surface area contributed by atoms with E-state index < -0.39 is 0 Å². The first kappa shape index (κ1) is 17.9. The fraction of sp³-hybridized carbons (Fsp3) is 0.600. The lowest BCUT2D eigenvalue weighted by Crippen LogP contribution is -2.38. The van der Waals surface area contributed by atoms with Gasteiger partial charge in [0.25, 0.3) is 0 Å². The van der Waals surface area contributed by atoms with E-state index in [9.17, 15) is 14.7 Å². The van der Waals surface area contributed by atoms with E-state index in [2.05, 4.69) is 13.8 Å². The zero-order valence-corrected chi connectivity index (χ0v) is 15.2. The molecule has 1 N–H and O–H groups in total. The molecule has 2 fully saturated rings. The number of nitrogens with zero attached hydrogens (tertiary/aromatic N) is 2. The summed E-state index contributed by atoms with van der Waals surface area (Å²) in [6, 6.07) is 7.75. The lowest BCUT2D eigenvalue weighted by Gasteiger charge is -2.30. The number of amides is 2. The summed E-state index contributed by atoms with van der Waals surface area (Å²) >= 11 is 0. The van der Waals surface area contributed by atoms with Crippen molar-refractivity contribution in [1.29, 1.82) is 0 Å². The molecule has 2 aliphatic heterocycles. The molecule has 2 aliphatic rings. The summed E-state index contributed by atoms with van der Waals surface area (Å²) in [7, 11) is 0. The topological polar surface area (TPSA) is 60.9 Å². The first-order valence-corrected chi connectivity index (χ1v) is 9.19. The van der Waals surface area contributed by atoms with Gasteiger partial charge in [-0.15, -0.1) is 0 Å². The zero-order chi connectivity index (χ0) is 18.0. The van der Waals surface area contributed by atoms with Crippen molar-refractivity contribution in [2.75, 3.05) is 24.5 Å². The summed E-state index contributed by atoms with van der Waals surface area (Å²) in [6.07, 6.45) is 2.86. The number of carbonyl (C=O) groups is 2. The number of benzene rings is 1. The minimum atomic E-state index is -0.336. The average molecular weight is 344 g/mol. The summed E-state index contributed by atoms with van der Waals surface area (Å²) in [5.41, 5.74) is 1.75. The van der Waals surface area contributed by atoms with Gasteiger partial charge in [-0.1, -0.05) is 26.0 Å². The van der Waals surface area contributed by atoms with Crippen LogP contribution in [0.5, 0.6) is 0 Å². The summed E-state index contributed by atoms with van der Waals surface area (Å²) in [4.78, 5) is 28.4. The van der Waals surface area contributed by atoms with Crippen molar-refractivity contribution >= 4 is 17.5 Å². The van der Waals surface area contributed by atoms with E-state index in [1.165, 1.54) is 0 Å². The number of rotatable bonds is 3. The molecule has 2 heterocycles. The maximum absolute atomic E-state index is 12.8. The SMILES string of the molecule is CC1(C)C[C@H](O)CCN(C(=O)Cc2cccc(N3CCCC3=O)c2)C1. The Labute approximate surface area is 149 Å². The van der Waals surface area contributed by atoms with Gasteiger partial charge in [-0.3, -0.25) is 9.59 Å².